The molecule has 0 spiro atoms. The first-order chi connectivity index (χ1) is 7.02. The Balaban J connectivity index is 2.57. The minimum atomic E-state index is -0.842. The van der Waals surface area contributed by atoms with Gasteiger partial charge in [0.25, 0.3) is 0 Å². The number of hydrogen-bond donors (Lipinski definition) is 2. The number of aromatic nitrogens is 2. The van der Waals surface area contributed by atoms with E-state index in [-0.39, 0.29) is 0 Å². The van der Waals surface area contributed by atoms with Gasteiger partial charge in [-0.1, -0.05) is 0 Å². The zero-order valence-electron chi connectivity index (χ0n) is 9.27. The molecule has 0 bridgehead atoms. The number of carboxylic acids is 1. The number of carboxylic acid groups (broad SMARTS) is 1. The number of aliphatic carboxylic acids is 1. The zero-order valence-corrected chi connectivity index (χ0v) is 9.27. The molecule has 5 heteroatoms. The van der Waals surface area contributed by atoms with E-state index in [0.29, 0.717) is 12.6 Å². The molecular formula is C10H17N3O2. The molecule has 1 aromatic heterocycles. The van der Waals surface area contributed by atoms with Crippen LogP contribution in [0.1, 0.15) is 32.5 Å². The fourth-order valence-electron chi connectivity index (χ4n) is 1.28. The van der Waals surface area contributed by atoms with E-state index < -0.39 is 12.0 Å². The van der Waals surface area contributed by atoms with Crippen LogP contribution in [0.25, 0.3) is 0 Å². The van der Waals surface area contributed by atoms with Crippen molar-refractivity contribution in [3.63, 3.8) is 0 Å². The van der Waals surface area contributed by atoms with Crippen molar-refractivity contribution in [2.45, 2.75) is 39.4 Å². The molecule has 0 unspecified atom stereocenters. The van der Waals surface area contributed by atoms with E-state index in [4.69, 9.17) is 5.11 Å². The molecule has 2 N–H and O–H groups in total. The van der Waals surface area contributed by atoms with Gasteiger partial charge in [-0.15, -0.1) is 0 Å². The minimum Gasteiger partial charge on any atom is -0.480 e. The van der Waals surface area contributed by atoms with Crippen LogP contribution in [0, 0.1) is 0 Å². The van der Waals surface area contributed by atoms with Gasteiger partial charge in [0.05, 0.1) is 12.0 Å². The number of imidazole rings is 1. The van der Waals surface area contributed by atoms with E-state index in [1.807, 2.05) is 4.57 Å². The van der Waals surface area contributed by atoms with Gasteiger partial charge in [0, 0.05) is 18.8 Å². The second-order valence-electron chi connectivity index (χ2n) is 3.83. The summed E-state index contributed by atoms with van der Waals surface area (Å²) in [5.74, 6) is -0.842. The summed E-state index contributed by atoms with van der Waals surface area (Å²) in [7, 11) is 0. The molecule has 0 aliphatic heterocycles. The highest BCUT2D eigenvalue weighted by Gasteiger charge is 2.11. The molecule has 1 rings (SSSR count). The number of nitrogens with one attached hydrogen (secondary N) is 1. The van der Waals surface area contributed by atoms with Crippen molar-refractivity contribution in [1.82, 2.24) is 14.9 Å². The molecule has 84 valence electrons. The van der Waals surface area contributed by atoms with Gasteiger partial charge in [0.1, 0.15) is 6.04 Å². The van der Waals surface area contributed by atoms with Gasteiger partial charge in [-0.2, -0.15) is 0 Å². The third-order valence-electron chi connectivity index (χ3n) is 2.26. The first-order valence-corrected chi connectivity index (χ1v) is 4.99. The summed E-state index contributed by atoms with van der Waals surface area (Å²) in [4.78, 5) is 14.6. The molecule has 0 fully saturated rings. The molecule has 0 radical (unpaired) electrons. The Morgan fingerprint density at radius 2 is 2.27 bits per heavy atom. The van der Waals surface area contributed by atoms with Gasteiger partial charge in [0.2, 0.25) is 0 Å². The SMILES string of the molecule is CC(C)n1cncc1CN[C@@H](C)C(=O)O. The fourth-order valence-corrected chi connectivity index (χ4v) is 1.28. The topological polar surface area (TPSA) is 67.2 Å². The first-order valence-electron chi connectivity index (χ1n) is 4.99. The zero-order chi connectivity index (χ0) is 11.4. The Labute approximate surface area is 89.1 Å². The average molecular weight is 211 g/mol. The molecule has 1 aromatic rings. The van der Waals surface area contributed by atoms with Crippen LogP contribution in [0.4, 0.5) is 0 Å². The van der Waals surface area contributed by atoms with Gasteiger partial charge in [-0.3, -0.25) is 10.1 Å². The lowest BCUT2D eigenvalue weighted by Gasteiger charge is -2.13. The Bertz CT molecular complexity index is 333. The average Bonchev–Trinajstić information content (AvgIpc) is 2.61. The molecule has 0 saturated carbocycles. The number of carbonyl (C=O) groups is 1. The highest BCUT2D eigenvalue weighted by Crippen LogP contribution is 2.08. The Kier molecular flexibility index (Phi) is 3.85. The predicted octanol–water partition coefficient (Wildman–Crippen LogP) is 1.03. The molecular weight excluding hydrogens is 194 g/mol. The van der Waals surface area contributed by atoms with Gasteiger partial charge in [0.15, 0.2) is 0 Å². The Hall–Kier alpha value is -1.36. The predicted molar refractivity (Wildman–Crippen MR) is 56.5 cm³/mol. The second-order valence-corrected chi connectivity index (χ2v) is 3.83. The Morgan fingerprint density at radius 3 is 2.80 bits per heavy atom. The molecule has 0 aliphatic rings. The Morgan fingerprint density at radius 1 is 1.60 bits per heavy atom. The fraction of sp³-hybridized carbons (Fsp3) is 0.600. The molecule has 1 atom stereocenters. The highest BCUT2D eigenvalue weighted by atomic mass is 16.4. The van der Waals surface area contributed by atoms with Gasteiger partial charge < -0.3 is 9.67 Å². The second kappa shape index (κ2) is 4.93. The monoisotopic (exact) mass is 211 g/mol. The van der Waals surface area contributed by atoms with Crippen LogP contribution >= 0.6 is 0 Å². The van der Waals surface area contributed by atoms with Crippen LogP contribution in [-0.2, 0) is 11.3 Å². The summed E-state index contributed by atoms with van der Waals surface area (Å²) in [5.41, 5.74) is 0.998. The van der Waals surface area contributed by atoms with Crippen molar-refractivity contribution in [2.24, 2.45) is 0 Å². The molecule has 15 heavy (non-hydrogen) atoms. The lowest BCUT2D eigenvalue weighted by atomic mass is 10.3. The van der Waals surface area contributed by atoms with Crippen LogP contribution in [0.2, 0.25) is 0 Å². The molecule has 0 amide bonds. The van der Waals surface area contributed by atoms with Gasteiger partial charge in [-0.05, 0) is 20.8 Å². The highest BCUT2D eigenvalue weighted by molar-refractivity contribution is 5.72. The molecule has 0 aliphatic carbocycles. The summed E-state index contributed by atoms with van der Waals surface area (Å²) in [6.45, 7) is 6.27. The maximum absolute atomic E-state index is 10.6. The summed E-state index contributed by atoms with van der Waals surface area (Å²) in [6, 6.07) is -0.204. The van der Waals surface area contributed by atoms with Crippen LogP contribution < -0.4 is 5.32 Å². The van der Waals surface area contributed by atoms with E-state index in [0.717, 1.165) is 5.69 Å². The summed E-state index contributed by atoms with van der Waals surface area (Å²) >= 11 is 0. The number of hydrogen-bond acceptors (Lipinski definition) is 3. The standard InChI is InChI=1S/C10H17N3O2/c1-7(2)13-6-11-4-9(13)5-12-8(3)10(14)15/h4,6-8,12H,5H2,1-3H3,(H,14,15)/t8-/m0/s1. The van der Waals surface area contributed by atoms with Crippen LogP contribution in [-0.4, -0.2) is 26.7 Å². The van der Waals surface area contributed by atoms with Crippen molar-refractivity contribution in [3.05, 3.63) is 18.2 Å². The maximum atomic E-state index is 10.6. The van der Waals surface area contributed by atoms with Crippen molar-refractivity contribution in [1.29, 1.82) is 0 Å². The summed E-state index contributed by atoms with van der Waals surface area (Å²) < 4.78 is 2.02. The summed E-state index contributed by atoms with van der Waals surface area (Å²) in [5, 5.41) is 11.6. The minimum absolute atomic E-state index is 0.337. The molecule has 0 saturated heterocycles. The number of nitrogens with zero attached hydrogens (tertiary/aromatic N) is 2. The van der Waals surface area contributed by atoms with Crippen molar-refractivity contribution in [3.8, 4) is 0 Å². The first kappa shape index (κ1) is 11.7. The molecule has 1 heterocycles. The van der Waals surface area contributed by atoms with Crippen LogP contribution in [0.15, 0.2) is 12.5 Å². The summed E-state index contributed by atoms with van der Waals surface area (Å²) in [6.07, 6.45) is 3.51. The van der Waals surface area contributed by atoms with E-state index in [2.05, 4.69) is 24.1 Å². The maximum Gasteiger partial charge on any atom is 0.320 e. The van der Waals surface area contributed by atoms with Crippen LogP contribution in [0.5, 0.6) is 0 Å². The lowest BCUT2D eigenvalue weighted by Crippen LogP contribution is -2.33. The van der Waals surface area contributed by atoms with Gasteiger partial charge in [-0.25, -0.2) is 4.98 Å². The van der Waals surface area contributed by atoms with Crippen LogP contribution in [0.3, 0.4) is 0 Å². The molecule has 0 aromatic carbocycles. The van der Waals surface area contributed by atoms with Crippen molar-refractivity contribution in [2.75, 3.05) is 0 Å². The number of rotatable bonds is 5. The van der Waals surface area contributed by atoms with Gasteiger partial charge >= 0.3 is 5.97 Å². The van der Waals surface area contributed by atoms with Crippen molar-refractivity contribution >= 4 is 5.97 Å². The third kappa shape index (κ3) is 3.06. The quantitative estimate of drug-likeness (QED) is 0.763. The van der Waals surface area contributed by atoms with E-state index >= 15 is 0 Å². The largest absolute Gasteiger partial charge is 0.480 e. The van der Waals surface area contributed by atoms with E-state index in [9.17, 15) is 4.79 Å². The molecule has 5 nitrogen and oxygen atoms in total. The normalized spacial score (nSPS) is 13.1. The van der Waals surface area contributed by atoms with Crippen molar-refractivity contribution < 1.29 is 9.90 Å². The van der Waals surface area contributed by atoms with E-state index in [1.165, 1.54) is 0 Å². The van der Waals surface area contributed by atoms with E-state index in [1.54, 1.807) is 19.4 Å². The smallest absolute Gasteiger partial charge is 0.320 e. The lowest BCUT2D eigenvalue weighted by molar-refractivity contribution is -0.139. The third-order valence-corrected chi connectivity index (χ3v) is 2.26.